The van der Waals surface area contributed by atoms with Crippen molar-refractivity contribution in [1.82, 2.24) is 0 Å². The molecule has 2 atom stereocenters. The highest BCUT2D eigenvalue weighted by Crippen LogP contribution is 2.29. The van der Waals surface area contributed by atoms with Gasteiger partial charge in [0, 0.05) is 18.8 Å². The van der Waals surface area contributed by atoms with Crippen LogP contribution in [0, 0.1) is 23.2 Å². The molecule has 0 radical (unpaired) electrons. The monoisotopic (exact) mass is 151 g/mol. The number of carbonyl (C=O) groups is 2. The van der Waals surface area contributed by atoms with Crippen molar-refractivity contribution in [2.45, 2.75) is 19.3 Å². The molecule has 0 N–H and O–H groups in total. The van der Waals surface area contributed by atoms with Crippen molar-refractivity contribution in [3.8, 4) is 6.07 Å². The first-order valence-corrected chi connectivity index (χ1v) is 3.65. The summed E-state index contributed by atoms with van der Waals surface area (Å²) in [5, 5.41) is 8.56. The zero-order valence-corrected chi connectivity index (χ0v) is 6.12. The maximum atomic E-state index is 11.0. The highest BCUT2D eigenvalue weighted by Gasteiger charge is 2.33. The fourth-order valence-electron chi connectivity index (χ4n) is 1.46. The molecule has 3 heteroatoms. The summed E-state index contributed by atoms with van der Waals surface area (Å²) in [5.41, 5.74) is 0. The first kappa shape index (κ1) is 7.93. The molecule has 1 saturated carbocycles. The lowest BCUT2D eigenvalue weighted by molar-refractivity contribution is -0.123. The molecule has 0 spiro atoms. The van der Waals surface area contributed by atoms with Gasteiger partial charge in [-0.1, -0.05) is 0 Å². The van der Waals surface area contributed by atoms with Gasteiger partial charge in [-0.2, -0.15) is 5.26 Å². The van der Waals surface area contributed by atoms with Gasteiger partial charge in [-0.15, -0.1) is 0 Å². The van der Waals surface area contributed by atoms with Crippen molar-refractivity contribution in [3.63, 3.8) is 0 Å². The van der Waals surface area contributed by atoms with Crippen molar-refractivity contribution in [3.05, 3.63) is 0 Å². The van der Waals surface area contributed by atoms with E-state index in [1.807, 2.05) is 6.07 Å². The van der Waals surface area contributed by atoms with E-state index in [2.05, 4.69) is 0 Å². The van der Waals surface area contributed by atoms with E-state index in [4.69, 9.17) is 5.26 Å². The number of nitriles is 1. The minimum absolute atomic E-state index is 0.0728. The minimum atomic E-state index is -0.308. The molecule has 1 aliphatic rings. The van der Waals surface area contributed by atoms with Crippen molar-refractivity contribution in [2.24, 2.45) is 11.8 Å². The Kier molecular flexibility index (Phi) is 2.37. The molecular formula is C8H9NO2. The third kappa shape index (κ3) is 1.45. The van der Waals surface area contributed by atoms with Crippen molar-refractivity contribution in [1.29, 1.82) is 5.26 Å². The topological polar surface area (TPSA) is 57.9 Å². The van der Waals surface area contributed by atoms with Crippen LogP contribution in [0.3, 0.4) is 0 Å². The Labute approximate surface area is 65.0 Å². The van der Waals surface area contributed by atoms with E-state index in [-0.39, 0.29) is 24.0 Å². The van der Waals surface area contributed by atoms with Crippen LogP contribution in [0.5, 0.6) is 0 Å². The Morgan fingerprint density at radius 1 is 1.73 bits per heavy atom. The van der Waals surface area contributed by atoms with E-state index in [1.165, 1.54) is 0 Å². The number of Topliss-reactive ketones (excluding diaryl/α,β-unsaturated/α-hetero) is 1. The van der Waals surface area contributed by atoms with Gasteiger partial charge in [0.15, 0.2) is 0 Å². The van der Waals surface area contributed by atoms with Crippen molar-refractivity contribution >= 4 is 12.1 Å². The third-order valence-electron chi connectivity index (χ3n) is 2.12. The molecule has 2 unspecified atom stereocenters. The lowest BCUT2D eigenvalue weighted by Gasteiger charge is -2.05. The minimum Gasteiger partial charge on any atom is -0.303 e. The second-order valence-corrected chi connectivity index (χ2v) is 2.75. The van der Waals surface area contributed by atoms with Crippen molar-refractivity contribution in [2.75, 3.05) is 0 Å². The van der Waals surface area contributed by atoms with Gasteiger partial charge in [-0.3, -0.25) is 4.79 Å². The number of aldehydes is 1. The van der Waals surface area contributed by atoms with Gasteiger partial charge in [0.25, 0.3) is 0 Å². The standard InChI is InChI=1S/C8H9NO2/c9-5-6-1-2-8(11)7(6)3-4-10/h4,6-7H,1-3H2. The van der Waals surface area contributed by atoms with Crippen LogP contribution in [0.25, 0.3) is 0 Å². The van der Waals surface area contributed by atoms with E-state index in [0.29, 0.717) is 12.8 Å². The number of rotatable bonds is 2. The second-order valence-electron chi connectivity index (χ2n) is 2.75. The molecule has 1 rings (SSSR count). The SMILES string of the molecule is N#CC1CCC(=O)C1CC=O. The molecule has 0 saturated heterocycles. The fourth-order valence-corrected chi connectivity index (χ4v) is 1.46. The molecule has 0 aliphatic heterocycles. The summed E-state index contributed by atoms with van der Waals surface area (Å²) < 4.78 is 0. The highest BCUT2D eigenvalue weighted by atomic mass is 16.1. The molecule has 11 heavy (non-hydrogen) atoms. The number of hydrogen-bond acceptors (Lipinski definition) is 3. The Morgan fingerprint density at radius 2 is 2.45 bits per heavy atom. The van der Waals surface area contributed by atoms with Crippen LogP contribution < -0.4 is 0 Å². The summed E-state index contributed by atoms with van der Waals surface area (Å²) >= 11 is 0. The van der Waals surface area contributed by atoms with E-state index in [9.17, 15) is 9.59 Å². The zero-order chi connectivity index (χ0) is 8.27. The Bertz CT molecular complexity index is 217. The molecule has 0 heterocycles. The molecule has 0 amide bonds. The molecular weight excluding hydrogens is 142 g/mol. The molecule has 0 aromatic carbocycles. The highest BCUT2D eigenvalue weighted by molar-refractivity contribution is 5.85. The quantitative estimate of drug-likeness (QED) is 0.545. The maximum Gasteiger partial charge on any atom is 0.137 e. The number of hydrogen-bond donors (Lipinski definition) is 0. The number of nitrogens with zero attached hydrogens (tertiary/aromatic N) is 1. The Morgan fingerprint density at radius 3 is 3.00 bits per heavy atom. The molecule has 1 aliphatic carbocycles. The van der Waals surface area contributed by atoms with E-state index in [1.54, 1.807) is 0 Å². The normalized spacial score (nSPS) is 29.9. The van der Waals surface area contributed by atoms with Crippen molar-refractivity contribution < 1.29 is 9.59 Å². The molecule has 1 fully saturated rings. The van der Waals surface area contributed by atoms with Gasteiger partial charge in [0.1, 0.15) is 12.1 Å². The van der Waals surface area contributed by atoms with E-state index < -0.39 is 0 Å². The average Bonchev–Trinajstić information content (AvgIpc) is 2.34. The van der Waals surface area contributed by atoms with Gasteiger partial charge in [-0.05, 0) is 6.42 Å². The summed E-state index contributed by atoms with van der Waals surface area (Å²) in [5.74, 6) is -0.450. The van der Waals surface area contributed by atoms with Gasteiger partial charge in [0.05, 0.1) is 12.0 Å². The van der Waals surface area contributed by atoms with Gasteiger partial charge in [0.2, 0.25) is 0 Å². The summed E-state index contributed by atoms with van der Waals surface area (Å²) in [6, 6.07) is 2.05. The third-order valence-corrected chi connectivity index (χ3v) is 2.12. The summed E-state index contributed by atoms with van der Waals surface area (Å²) in [7, 11) is 0. The Hall–Kier alpha value is -1.17. The first-order chi connectivity index (χ1) is 5.29. The van der Waals surface area contributed by atoms with E-state index >= 15 is 0 Å². The molecule has 3 nitrogen and oxygen atoms in total. The van der Waals surface area contributed by atoms with Crippen LogP contribution in [-0.4, -0.2) is 12.1 Å². The van der Waals surface area contributed by atoms with Crippen LogP contribution >= 0.6 is 0 Å². The zero-order valence-electron chi connectivity index (χ0n) is 6.12. The first-order valence-electron chi connectivity index (χ1n) is 3.65. The average molecular weight is 151 g/mol. The maximum absolute atomic E-state index is 11.0. The number of ketones is 1. The number of carbonyl (C=O) groups excluding carboxylic acids is 2. The fraction of sp³-hybridized carbons (Fsp3) is 0.625. The Balaban J connectivity index is 2.64. The van der Waals surface area contributed by atoms with Crippen LogP contribution in [0.2, 0.25) is 0 Å². The van der Waals surface area contributed by atoms with Gasteiger partial charge >= 0.3 is 0 Å². The van der Waals surface area contributed by atoms with Gasteiger partial charge < -0.3 is 4.79 Å². The summed E-state index contributed by atoms with van der Waals surface area (Å²) in [6.45, 7) is 0. The molecule has 0 aromatic heterocycles. The summed E-state index contributed by atoms with van der Waals surface area (Å²) in [6.07, 6.45) is 2.04. The molecule has 0 aromatic rings. The van der Waals surface area contributed by atoms with Crippen LogP contribution in [0.15, 0.2) is 0 Å². The molecule has 0 bridgehead atoms. The summed E-state index contributed by atoms with van der Waals surface area (Å²) in [4.78, 5) is 21.1. The largest absolute Gasteiger partial charge is 0.303 e. The lowest BCUT2D eigenvalue weighted by Crippen LogP contribution is -2.13. The van der Waals surface area contributed by atoms with Gasteiger partial charge in [-0.25, -0.2) is 0 Å². The predicted molar refractivity (Wildman–Crippen MR) is 37.5 cm³/mol. The van der Waals surface area contributed by atoms with Crippen LogP contribution in [0.4, 0.5) is 0 Å². The molecule has 58 valence electrons. The predicted octanol–water partition coefficient (Wildman–Crippen LogP) is 0.694. The smallest absolute Gasteiger partial charge is 0.137 e. The lowest BCUT2D eigenvalue weighted by atomic mass is 9.94. The second kappa shape index (κ2) is 3.29. The van der Waals surface area contributed by atoms with Crippen LogP contribution in [0.1, 0.15) is 19.3 Å². The van der Waals surface area contributed by atoms with Crippen LogP contribution in [-0.2, 0) is 9.59 Å². The van der Waals surface area contributed by atoms with E-state index in [0.717, 1.165) is 6.29 Å².